The number of aliphatic hydroxyl groups is 2. The fourth-order valence-corrected chi connectivity index (χ4v) is 9.50. The number of unbranched alkanes of at least 4 members (excludes halogenated alkanes) is 2. The van der Waals surface area contributed by atoms with Crippen molar-refractivity contribution in [3.63, 3.8) is 0 Å². The third kappa shape index (κ3) is 13.2. The van der Waals surface area contributed by atoms with Crippen molar-refractivity contribution >= 4 is 58.7 Å². The van der Waals surface area contributed by atoms with Gasteiger partial charge in [-0.05, 0) is 88.6 Å². The normalized spacial score (nSPS) is 18.9. The van der Waals surface area contributed by atoms with E-state index in [4.69, 9.17) is 33.2 Å². The number of amides is 5. The summed E-state index contributed by atoms with van der Waals surface area (Å²) >= 11 is 0. The molecule has 5 N–H and O–H groups in total. The third-order valence-corrected chi connectivity index (χ3v) is 13.7. The highest BCUT2D eigenvalue weighted by atomic mass is 16.6. The summed E-state index contributed by atoms with van der Waals surface area (Å²) in [5.74, 6) is -2.93. The van der Waals surface area contributed by atoms with Crippen LogP contribution < -0.4 is 44.9 Å². The molecule has 0 saturated heterocycles. The highest BCUT2D eigenvalue weighted by Crippen LogP contribution is 2.44. The lowest BCUT2D eigenvalue weighted by Gasteiger charge is -2.31. The van der Waals surface area contributed by atoms with Gasteiger partial charge in [0.25, 0.3) is 17.6 Å². The zero-order valence-electron chi connectivity index (χ0n) is 45.9. The summed E-state index contributed by atoms with van der Waals surface area (Å²) in [4.78, 5) is 98.4. The number of carbonyl (C=O) groups is 7. The summed E-state index contributed by atoms with van der Waals surface area (Å²) in [6.07, 6.45) is 3.54. The monoisotopic (exact) mass is 1110 g/mol. The first kappa shape index (κ1) is 59.3. The van der Waals surface area contributed by atoms with Crippen LogP contribution in [0.2, 0.25) is 0 Å². The van der Waals surface area contributed by atoms with Gasteiger partial charge < -0.3 is 63.9 Å². The molecule has 3 aromatic rings. The number of hydrogen-bond donors (Lipinski definition) is 5. The maximum absolute atomic E-state index is 14.2. The van der Waals surface area contributed by atoms with Crippen molar-refractivity contribution in [2.45, 2.75) is 110 Å². The number of fused-ring (bicyclic) bond motifs is 4. The summed E-state index contributed by atoms with van der Waals surface area (Å²) < 4.78 is 39.7. The Bertz CT molecular complexity index is 2920. The number of nitrogens with zero attached hydrogens (tertiary/aromatic N) is 4. The van der Waals surface area contributed by atoms with E-state index in [0.29, 0.717) is 43.4 Å². The van der Waals surface area contributed by atoms with E-state index in [1.807, 2.05) is 13.8 Å². The molecule has 0 aliphatic carbocycles. The zero-order valence-corrected chi connectivity index (χ0v) is 45.9. The van der Waals surface area contributed by atoms with E-state index in [9.17, 15) is 43.8 Å². The molecule has 5 amide bonds. The number of ketones is 1. The maximum atomic E-state index is 14.2. The Kier molecular flexibility index (Phi) is 19.6. The fourth-order valence-electron chi connectivity index (χ4n) is 9.50. The predicted molar refractivity (Wildman–Crippen MR) is 292 cm³/mol. The van der Waals surface area contributed by atoms with E-state index in [0.717, 1.165) is 20.9 Å². The van der Waals surface area contributed by atoms with E-state index < -0.39 is 84.2 Å². The highest BCUT2D eigenvalue weighted by molar-refractivity contribution is 6.36. The highest BCUT2D eigenvalue weighted by Gasteiger charge is 2.47. The Morgan fingerprint density at radius 3 is 1.65 bits per heavy atom. The van der Waals surface area contributed by atoms with Gasteiger partial charge in [0.2, 0.25) is 5.91 Å². The molecule has 0 spiro atoms. The summed E-state index contributed by atoms with van der Waals surface area (Å²) in [7, 11) is 2.85. The molecule has 428 valence electrons. The molecule has 4 heterocycles. The zero-order chi connectivity index (χ0) is 57.9. The minimum Gasteiger partial charge on any atom is -0.493 e. The van der Waals surface area contributed by atoms with Crippen molar-refractivity contribution in [1.82, 2.24) is 20.5 Å². The second-order valence-corrected chi connectivity index (χ2v) is 19.9. The molecule has 0 fully saturated rings. The van der Waals surface area contributed by atoms with Crippen molar-refractivity contribution in [3.05, 3.63) is 114 Å². The van der Waals surface area contributed by atoms with Gasteiger partial charge in [-0.25, -0.2) is 29.6 Å². The molecule has 0 radical (unpaired) electrons. The minimum absolute atomic E-state index is 0.0427. The van der Waals surface area contributed by atoms with Gasteiger partial charge in [0.05, 0.1) is 62.0 Å². The number of Topliss-reactive ketones (excluding diaryl/α,β-unsaturated/α-hetero) is 1. The van der Waals surface area contributed by atoms with Crippen LogP contribution in [0.5, 0.6) is 23.0 Å². The lowest BCUT2D eigenvalue weighted by Crippen LogP contribution is -2.53. The Morgan fingerprint density at radius 1 is 0.688 bits per heavy atom. The summed E-state index contributed by atoms with van der Waals surface area (Å²) in [5.41, 5.74) is 8.88. The minimum atomic E-state index is -1.53. The van der Waals surface area contributed by atoms with E-state index in [1.54, 1.807) is 57.4 Å². The Balaban J connectivity index is 0.976. The average molecular weight is 1110 g/mol. The number of esters is 1. The molecule has 80 heavy (non-hydrogen) atoms. The third-order valence-electron chi connectivity index (χ3n) is 13.7. The summed E-state index contributed by atoms with van der Waals surface area (Å²) in [6.45, 7) is 15.5. The lowest BCUT2D eigenvalue weighted by molar-refractivity contribution is -0.154. The number of aliphatic hydroxyl groups excluding tert-OH is 2. The van der Waals surface area contributed by atoms with Crippen LogP contribution >= 0.6 is 0 Å². The first-order valence-corrected chi connectivity index (χ1v) is 26.1. The van der Waals surface area contributed by atoms with E-state index in [2.05, 4.69) is 29.3 Å². The predicted octanol–water partition coefficient (Wildman–Crippen LogP) is 6.25. The SMILES string of the molecule is C=CCOC(=O)C(=O)C(NC(=O)C(C)NNc1ccc(COC(=O)N2c3cc(OCCCCCOc4cc5c(cc4OC)C(=O)N4C=C(C)CC4[C@H](O)N5C(=O)OCC=C)c(OC)cc3C(=O)N3C=C(C)CC3[C@@H]2O)cc1)C(C)C. The molecule has 4 unspecified atom stereocenters. The van der Waals surface area contributed by atoms with E-state index >= 15 is 0 Å². The van der Waals surface area contributed by atoms with Crippen molar-refractivity contribution < 1.29 is 76.9 Å². The second-order valence-electron chi connectivity index (χ2n) is 19.9. The van der Waals surface area contributed by atoms with Crippen LogP contribution in [0.3, 0.4) is 0 Å². The van der Waals surface area contributed by atoms with Crippen LogP contribution in [0.4, 0.5) is 26.7 Å². The van der Waals surface area contributed by atoms with Crippen molar-refractivity contribution in [3.8, 4) is 23.0 Å². The van der Waals surface area contributed by atoms with Crippen molar-refractivity contribution in [2.75, 3.05) is 55.9 Å². The van der Waals surface area contributed by atoms with Crippen LogP contribution in [-0.4, -0.2) is 139 Å². The van der Waals surface area contributed by atoms with Crippen LogP contribution in [0, 0.1) is 5.92 Å². The number of methoxy groups -OCH3 is 2. The number of rotatable bonds is 24. The Hall–Kier alpha value is -8.41. The van der Waals surface area contributed by atoms with Crippen LogP contribution in [-0.2, 0) is 35.2 Å². The second kappa shape index (κ2) is 26.5. The van der Waals surface area contributed by atoms with Gasteiger partial charge in [0, 0.05) is 30.2 Å². The van der Waals surface area contributed by atoms with E-state index in [1.165, 1.54) is 60.4 Å². The summed E-state index contributed by atoms with van der Waals surface area (Å²) in [5, 5.41) is 26.0. The van der Waals surface area contributed by atoms with Crippen LogP contribution in [0.15, 0.2) is 97.4 Å². The molecule has 23 heteroatoms. The molecule has 4 aliphatic rings. The van der Waals surface area contributed by atoms with Gasteiger partial charge in [-0.15, -0.1) is 0 Å². The quantitative estimate of drug-likeness (QED) is 0.0166. The van der Waals surface area contributed by atoms with Crippen LogP contribution in [0.25, 0.3) is 0 Å². The number of carbonyl (C=O) groups excluding carboxylic acids is 7. The first-order chi connectivity index (χ1) is 38.3. The van der Waals surface area contributed by atoms with Gasteiger partial charge in [-0.3, -0.25) is 19.2 Å². The molecular formula is C57H69N7O16. The lowest BCUT2D eigenvalue weighted by atomic mass is 9.99. The average Bonchev–Trinajstić information content (AvgIpc) is 4.24. The molecule has 23 nitrogen and oxygen atoms in total. The van der Waals surface area contributed by atoms with E-state index in [-0.39, 0.29) is 78.5 Å². The molecule has 4 aliphatic heterocycles. The largest absolute Gasteiger partial charge is 0.493 e. The molecule has 0 saturated carbocycles. The van der Waals surface area contributed by atoms with Gasteiger partial charge in [0.15, 0.2) is 35.5 Å². The Labute approximate surface area is 463 Å². The number of nitrogens with one attached hydrogen (secondary N) is 3. The molecule has 3 aromatic carbocycles. The van der Waals surface area contributed by atoms with Crippen LogP contribution in [0.1, 0.15) is 93.0 Å². The van der Waals surface area contributed by atoms with Gasteiger partial charge in [-0.1, -0.05) is 62.4 Å². The number of benzene rings is 3. The molecular weight excluding hydrogens is 1040 g/mol. The molecule has 7 rings (SSSR count). The fraction of sp³-hybridized carbons (Fsp3) is 0.421. The molecule has 6 atom stereocenters. The van der Waals surface area contributed by atoms with Gasteiger partial charge in [0.1, 0.15) is 31.9 Å². The number of hydrogen-bond acceptors (Lipinski definition) is 18. The number of anilines is 3. The Morgan fingerprint density at radius 2 is 1.18 bits per heavy atom. The topological polar surface area (TPSA) is 274 Å². The smallest absolute Gasteiger partial charge is 0.416 e. The molecule has 0 bridgehead atoms. The summed E-state index contributed by atoms with van der Waals surface area (Å²) in [6, 6.07) is 9.06. The standard InChI is InChI=1S/C57H69N7O16/c1-10-19-78-55(71)49(65)48(32(3)4)58-50(66)35(7)59-60-37-17-15-36(16-18-37)31-80-57(73)64-41-28-47(45(75-9)26-39(41)52(68)62-30-34(6)24-43(62)54(64)70)77-22-14-12-13-21-76-46-27-40-38(25-44(46)74-8)51(67)61-29-33(5)23-42(61)53(69)63(40)56(72)79-20-11-2/h10-11,15-18,25-30,32,35,42-43,48,53-54,59-60,69-70H,1-2,12-14,19-24,31H2,3-9H3,(H,58,66)/t35?,42?,43?,48?,53-,54-/m0/s1. The van der Waals surface area contributed by atoms with Gasteiger partial charge >= 0.3 is 18.2 Å². The maximum Gasteiger partial charge on any atom is 0.416 e. The van der Waals surface area contributed by atoms with Gasteiger partial charge in [-0.2, -0.15) is 0 Å². The van der Waals surface area contributed by atoms with Crippen molar-refractivity contribution in [2.24, 2.45) is 5.92 Å². The van der Waals surface area contributed by atoms with Crippen molar-refractivity contribution in [1.29, 1.82) is 0 Å². The number of hydrazine groups is 1. The molecule has 0 aromatic heterocycles. The number of ether oxygens (including phenoxy) is 7. The first-order valence-electron chi connectivity index (χ1n) is 26.1.